The molecule has 2 aromatic rings. The first-order valence-electron chi connectivity index (χ1n) is 6.03. The van der Waals surface area contributed by atoms with Crippen molar-refractivity contribution in [2.75, 3.05) is 11.8 Å². The molecule has 21 heavy (non-hydrogen) atoms. The highest BCUT2D eigenvalue weighted by atomic mass is 32.2. The number of H-pyrrole nitrogens is 1. The Morgan fingerprint density at radius 3 is 2.71 bits per heavy atom. The lowest BCUT2D eigenvalue weighted by Crippen LogP contribution is -2.18. The maximum absolute atomic E-state index is 12.3. The van der Waals surface area contributed by atoms with Gasteiger partial charge >= 0.3 is 0 Å². The van der Waals surface area contributed by atoms with E-state index in [1.807, 2.05) is 0 Å². The van der Waals surface area contributed by atoms with E-state index in [9.17, 15) is 8.42 Å². The lowest BCUT2D eigenvalue weighted by Gasteiger charge is -2.08. The van der Waals surface area contributed by atoms with Crippen LogP contribution in [0.1, 0.15) is 17.0 Å². The quantitative estimate of drug-likeness (QED) is 0.711. The van der Waals surface area contributed by atoms with Crippen molar-refractivity contribution in [1.29, 1.82) is 0 Å². The molecule has 0 aliphatic heterocycles. The minimum Gasteiger partial charge on any atom is -0.481 e. The summed E-state index contributed by atoms with van der Waals surface area (Å²) in [5.41, 5.74) is 7.14. The van der Waals surface area contributed by atoms with Crippen LogP contribution in [0.5, 0.6) is 5.88 Å². The van der Waals surface area contributed by atoms with Gasteiger partial charge in [-0.25, -0.2) is 9.71 Å². The van der Waals surface area contributed by atoms with Crippen molar-refractivity contribution in [2.45, 2.75) is 25.4 Å². The van der Waals surface area contributed by atoms with Gasteiger partial charge in [0.25, 0.3) is 10.0 Å². The summed E-state index contributed by atoms with van der Waals surface area (Å²) >= 11 is 0. The zero-order valence-corrected chi connectivity index (χ0v) is 12.7. The number of nitrogens with zero attached hydrogens (tertiary/aromatic N) is 3. The fourth-order valence-electron chi connectivity index (χ4n) is 1.75. The van der Waals surface area contributed by atoms with E-state index in [-0.39, 0.29) is 23.4 Å². The second-order valence-corrected chi connectivity index (χ2v) is 5.91. The van der Waals surface area contributed by atoms with Gasteiger partial charge in [0.1, 0.15) is 0 Å². The second kappa shape index (κ2) is 5.66. The van der Waals surface area contributed by atoms with Crippen LogP contribution in [0.15, 0.2) is 11.1 Å². The summed E-state index contributed by atoms with van der Waals surface area (Å²) in [6.07, 6.45) is 0. The van der Waals surface area contributed by atoms with Gasteiger partial charge in [-0.2, -0.15) is 18.5 Å². The maximum Gasteiger partial charge on any atom is 0.283 e. The Morgan fingerprint density at radius 1 is 1.38 bits per heavy atom. The predicted molar refractivity (Wildman–Crippen MR) is 75.3 cm³/mol. The fraction of sp³-hybridized carbons (Fsp3) is 0.364. The summed E-state index contributed by atoms with van der Waals surface area (Å²) in [6.45, 7) is 3.45. The van der Waals surface area contributed by atoms with E-state index in [4.69, 9.17) is 10.5 Å². The summed E-state index contributed by atoms with van der Waals surface area (Å²) in [5.74, 6) is 0.174. The molecule has 2 rings (SSSR count). The lowest BCUT2D eigenvalue weighted by atomic mass is 10.3. The van der Waals surface area contributed by atoms with E-state index in [2.05, 4.69) is 24.9 Å². The molecule has 0 atom stereocenters. The molecule has 0 saturated heterocycles. The molecule has 10 heteroatoms. The largest absolute Gasteiger partial charge is 0.481 e. The van der Waals surface area contributed by atoms with Crippen molar-refractivity contribution in [3.63, 3.8) is 0 Å². The standard InChI is InChI=1S/C11H16N6O3S/c1-6-4-9(20-3)14-11(13-6)17-21(18,19)10-8(5-12)7(2)15-16-10/h4H,5,12H2,1-3H3,(H,15,16)(H,13,14,17). The second-order valence-electron chi connectivity index (χ2n) is 4.32. The molecule has 2 aromatic heterocycles. The van der Waals surface area contributed by atoms with Crippen LogP contribution in [0.4, 0.5) is 5.95 Å². The number of aromatic amines is 1. The van der Waals surface area contributed by atoms with Gasteiger partial charge in [0.15, 0.2) is 0 Å². The summed E-state index contributed by atoms with van der Waals surface area (Å²) in [4.78, 5) is 7.94. The van der Waals surface area contributed by atoms with Crippen LogP contribution in [0.3, 0.4) is 0 Å². The Bertz CT molecular complexity index is 755. The predicted octanol–water partition coefficient (Wildman–Crippen LogP) is 0.0846. The Balaban J connectivity index is 2.39. The van der Waals surface area contributed by atoms with E-state index >= 15 is 0 Å². The summed E-state index contributed by atoms with van der Waals surface area (Å²) in [6, 6.07) is 1.59. The molecule has 0 spiro atoms. The van der Waals surface area contributed by atoms with Crippen LogP contribution < -0.4 is 15.2 Å². The number of ether oxygens (including phenoxy) is 1. The lowest BCUT2D eigenvalue weighted by molar-refractivity contribution is 0.397. The summed E-state index contributed by atoms with van der Waals surface area (Å²) in [5, 5.41) is 6.22. The van der Waals surface area contributed by atoms with Gasteiger partial charge in [-0.15, -0.1) is 0 Å². The van der Waals surface area contributed by atoms with Crippen molar-refractivity contribution in [3.8, 4) is 5.88 Å². The molecular weight excluding hydrogens is 296 g/mol. The highest BCUT2D eigenvalue weighted by Crippen LogP contribution is 2.19. The van der Waals surface area contributed by atoms with Gasteiger partial charge in [0.2, 0.25) is 16.9 Å². The maximum atomic E-state index is 12.3. The number of aromatic nitrogens is 4. The highest BCUT2D eigenvalue weighted by molar-refractivity contribution is 7.92. The topological polar surface area (TPSA) is 136 Å². The number of sulfonamides is 1. The molecule has 0 fully saturated rings. The highest BCUT2D eigenvalue weighted by Gasteiger charge is 2.24. The van der Waals surface area contributed by atoms with E-state index in [1.165, 1.54) is 7.11 Å². The molecule has 9 nitrogen and oxygen atoms in total. The Hall–Kier alpha value is -2.20. The number of nitrogens with one attached hydrogen (secondary N) is 2. The third-order valence-corrected chi connectivity index (χ3v) is 4.06. The van der Waals surface area contributed by atoms with E-state index in [0.717, 1.165) is 0 Å². The minimum atomic E-state index is -3.93. The molecule has 0 bridgehead atoms. The molecule has 0 aliphatic carbocycles. The zero-order valence-electron chi connectivity index (χ0n) is 11.8. The molecule has 0 amide bonds. The van der Waals surface area contributed by atoms with Crippen LogP contribution in [-0.2, 0) is 16.6 Å². The number of aryl methyl sites for hydroxylation is 2. The number of nitrogens with two attached hydrogens (primary N) is 1. The number of hydrogen-bond donors (Lipinski definition) is 3. The van der Waals surface area contributed by atoms with Crippen LogP contribution in [0.25, 0.3) is 0 Å². The van der Waals surface area contributed by atoms with Crippen molar-refractivity contribution >= 4 is 16.0 Å². The van der Waals surface area contributed by atoms with Gasteiger partial charge in [0, 0.05) is 29.6 Å². The Kier molecular flexibility index (Phi) is 4.09. The van der Waals surface area contributed by atoms with E-state index in [0.29, 0.717) is 17.0 Å². The average molecular weight is 312 g/mol. The molecule has 2 heterocycles. The molecule has 0 saturated carbocycles. The third kappa shape index (κ3) is 3.11. The van der Waals surface area contributed by atoms with Crippen molar-refractivity contribution in [3.05, 3.63) is 23.0 Å². The summed E-state index contributed by atoms with van der Waals surface area (Å²) in [7, 11) is -2.50. The van der Waals surface area contributed by atoms with Gasteiger partial charge in [0.05, 0.1) is 7.11 Å². The first kappa shape index (κ1) is 15.2. The molecular formula is C11H16N6O3S. The third-order valence-electron chi connectivity index (χ3n) is 2.76. The molecule has 114 valence electrons. The Labute approximate surface area is 122 Å². The normalized spacial score (nSPS) is 11.4. The Morgan fingerprint density at radius 2 is 2.10 bits per heavy atom. The van der Waals surface area contributed by atoms with Crippen molar-refractivity contribution in [1.82, 2.24) is 20.2 Å². The van der Waals surface area contributed by atoms with E-state index in [1.54, 1.807) is 19.9 Å². The SMILES string of the molecule is COc1cc(C)nc(NS(=O)(=O)c2n[nH]c(C)c2CN)n1. The zero-order chi connectivity index (χ0) is 15.6. The minimum absolute atomic E-state index is 0.0522. The fourth-order valence-corrected chi connectivity index (χ4v) is 2.91. The van der Waals surface area contributed by atoms with Gasteiger partial charge in [-0.1, -0.05) is 0 Å². The van der Waals surface area contributed by atoms with Gasteiger partial charge in [-0.05, 0) is 13.8 Å². The number of methoxy groups -OCH3 is 1. The monoisotopic (exact) mass is 312 g/mol. The number of hydrogen-bond acceptors (Lipinski definition) is 7. The van der Waals surface area contributed by atoms with Crippen LogP contribution in [0, 0.1) is 13.8 Å². The number of rotatable bonds is 5. The first-order chi connectivity index (χ1) is 9.87. The first-order valence-corrected chi connectivity index (χ1v) is 7.52. The van der Waals surface area contributed by atoms with Crippen LogP contribution in [0.2, 0.25) is 0 Å². The molecule has 0 aromatic carbocycles. The van der Waals surface area contributed by atoms with Gasteiger partial charge in [-0.3, -0.25) is 5.10 Å². The van der Waals surface area contributed by atoms with Crippen LogP contribution in [-0.4, -0.2) is 35.7 Å². The van der Waals surface area contributed by atoms with Gasteiger partial charge < -0.3 is 10.5 Å². The smallest absolute Gasteiger partial charge is 0.283 e. The summed E-state index contributed by atoms with van der Waals surface area (Å²) < 4.78 is 31.9. The van der Waals surface area contributed by atoms with Crippen molar-refractivity contribution in [2.24, 2.45) is 5.73 Å². The van der Waals surface area contributed by atoms with Crippen molar-refractivity contribution < 1.29 is 13.2 Å². The van der Waals surface area contributed by atoms with Crippen LogP contribution >= 0.6 is 0 Å². The van der Waals surface area contributed by atoms with E-state index < -0.39 is 10.0 Å². The molecule has 0 unspecified atom stereocenters. The molecule has 0 radical (unpaired) electrons. The number of anilines is 1. The molecule has 0 aliphatic rings. The molecule has 4 N–H and O–H groups in total. The average Bonchev–Trinajstić information content (AvgIpc) is 2.79.